The highest BCUT2D eigenvalue weighted by Gasteiger charge is 2.22. The largest absolute Gasteiger partial charge is 0.494 e. The van der Waals surface area contributed by atoms with Crippen molar-refractivity contribution >= 4 is 44.4 Å². The summed E-state index contributed by atoms with van der Waals surface area (Å²) >= 11 is 3.14. The Labute approximate surface area is 203 Å². The lowest BCUT2D eigenvalue weighted by atomic mass is 10.2. The molecule has 1 saturated heterocycles. The van der Waals surface area contributed by atoms with E-state index in [9.17, 15) is 4.79 Å². The number of hydrogen-bond donors (Lipinski definition) is 0. The van der Waals surface area contributed by atoms with Gasteiger partial charge in [-0.05, 0) is 44.0 Å². The van der Waals surface area contributed by atoms with Gasteiger partial charge in [0.2, 0.25) is 5.91 Å². The molecule has 2 aromatic carbocycles. The Balaban J connectivity index is 1.52. The van der Waals surface area contributed by atoms with Crippen LogP contribution in [0.15, 0.2) is 41.3 Å². The van der Waals surface area contributed by atoms with Gasteiger partial charge in [-0.15, -0.1) is 11.8 Å². The van der Waals surface area contributed by atoms with Crippen LogP contribution in [0.1, 0.15) is 17.5 Å². The first-order chi connectivity index (χ1) is 16.0. The van der Waals surface area contributed by atoms with E-state index < -0.39 is 0 Å². The number of carbonyl (C=O) groups excluding carboxylic acids is 1. The quantitative estimate of drug-likeness (QED) is 0.407. The molecule has 6 nitrogen and oxygen atoms in total. The number of anilines is 1. The molecule has 0 aliphatic carbocycles. The van der Waals surface area contributed by atoms with Gasteiger partial charge in [0.15, 0.2) is 5.13 Å². The highest BCUT2D eigenvalue weighted by molar-refractivity contribution is 8.00. The lowest BCUT2D eigenvalue weighted by molar-refractivity contribution is -0.116. The first-order valence-corrected chi connectivity index (χ1v) is 13.1. The number of aryl methyl sites for hydroxylation is 2. The average molecular weight is 486 g/mol. The predicted molar refractivity (Wildman–Crippen MR) is 137 cm³/mol. The summed E-state index contributed by atoms with van der Waals surface area (Å²) in [7, 11) is 1.66. The summed E-state index contributed by atoms with van der Waals surface area (Å²) in [6.45, 7) is 9.21. The Morgan fingerprint density at radius 3 is 2.67 bits per heavy atom. The monoisotopic (exact) mass is 485 g/mol. The van der Waals surface area contributed by atoms with Crippen molar-refractivity contribution in [3.8, 4) is 5.75 Å². The zero-order valence-electron chi connectivity index (χ0n) is 19.5. The van der Waals surface area contributed by atoms with Crippen LogP contribution in [0, 0.1) is 13.8 Å². The lowest BCUT2D eigenvalue weighted by Gasteiger charge is -2.27. The van der Waals surface area contributed by atoms with Gasteiger partial charge in [-0.2, -0.15) is 0 Å². The summed E-state index contributed by atoms with van der Waals surface area (Å²) in [5.74, 6) is 1.21. The predicted octanol–water partition coefficient (Wildman–Crippen LogP) is 4.77. The summed E-state index contributed by atoms with van der Waals surface area (Å²) < 4.78 is 12.1. The van der Waals surface area contributed by atoms with E-state index in [1.165, 1.54) is 5.56 Å². The molecule has 0 spiro atoms. The van der Waals surface area contributed by atoms with Crippen molar-refractivity contribution in [2.45, 2.75) is 25.2 Å². The van der Waals surface area contributed by atoms with Crippen molar-refractivity contribution in [3.63, 3.8) is 0 Å². The highest BCUT2D eigenvalue weighted by Crippen LogP contribution is 2.36. The molecule has 0 unspecified atom stereocenters. The van der Waals surface area contributed by atoms with E-state index in [0.717, 1.165) is 70.8 Å². The van der Waals surface area contributed by atoms with E-state index in [1.807, 2.05) is 17.0 Å². The van der Waals surface area contributed by atoms with E-state index in [4.69, 9.17) is 14.5 Å². The number of aromatic nitrogens is 1. The number of thiazole rings is 1. The van der Waals surface area contributed by atoms with Crippen LogP contribution in [0.4, 0.5) is 5.13 Å². The Kier molecular flexibility index (Phi) is 8.25. The van der Waals surface area contributed by atoms with Gasteiger partial charge < -0.3 is 9.47 Å². The number of nitrogens with zero attached hydrogens (tertiary/aromatic N) is 3. The van der Waals surface area contributed by atoms with Gasteiger partial charge >= 0.3 is 0 Å². The molecular formula is C25H31N3O3S2. The van der Waals surface area contributed by atoms with Crippen LogP contribution in [0.3, 0.4) is 0 Å². The normalized spacial score (nSPS) is 14.5. The first kappa shape index (κ1) is 24.0. The maximum absolute atomic E-state index is 13.4. The zero-order valence-corrected chi connectivity index (χ0v) is 21.1. The third-order valence-corrected chi connectivity index (χ3v) is 8.00. The summed E-state index contributed by atoms with van der Waals surface area (Å²) in [5.41, 5.74) is 3.19. The van der Waals surface area contributed by atoms with Crippen molar-refractivity contribution in [1.29, 1.82) is 0 Å². The van der Waals surface area contributed by atoms with Gasteiger partial charge in [0, 0.05) is 31.1 Å². The van der Waals surface area contributed by atoms with Crippen LogP contribution >= 0.6 is 23.1 Å². The van der Waals surface area contributed by atoms with Crippen LogP contribution in [-0.4, -0.2) is 68.0 Å². The highest BCUT2D eigenvalue weighted by atomic mass is 32.2. The molecule has 4 rings (SSSR count). The Morgan fingerprint density at radius 1 is 1.18 bits per heavy atom. The third kappa shape index (κ3) is 6.06. The molecule has 0 radical (unpaired) electrons. The average Bonchev–Trinajstić information content (AvgIpc) is 3.28. The first-order valence-electron chi connectivity index (χ1n) is 11.3. The molecule has 1 fully saturated rings. The number of ether oxygens (including phenoxy) is 2. The van der Waals surface area contributed by atoms with Gasteiger partial charge in [0.05, 0.1) is 30.8 Å². The van der Waals surface area contributed by atoms with Gasteiger partial charge in [-0.25, -0.2) is 4.98 Å². The van der Waals surface area contributed by atoms with Crippen LogP contribution < -0.4 is 9.64 Å². The number of hydrogen-bond acceptors (Lipinski definition) is 7. The maximum Gasteiger partial charge on any atom is 0.239 e. The minimum atomic E-state index is 0.0817. The molecule has 1 amide bonds. The Morgan fingerprint density at radius 2 is 1.94 bits per heavy atom. The van der Waals surface area contributed by atoms with Crippen molar-refractivity contribution in [3.05, 3.63) is 47.5 Å². The van der Waals surface area contributed by atoms with E-state index in [2.05, 4.69) is 43.0 Å². The Hall–Kier alpha value is -2.13. The fourth-order valence-corrected chi connectivity index (χ4v) is 5.71. The van der Waals surface area contributed by atoms with Gasteiger partial charge in [0.1, 0.15) is 11.3 Å². The molecule has 176 valence electrons. The maximum atomic E-state index is 13.4. The van der Waals surface area contributed by atoms with Gasteiger partial charge in [-0.3, -0.25) is 14.6 Å². The smallest absolute Gasteiger partial charge is 0.239 e. The topological polar surface area (TPSA) is 54.9 Å². The van der Waals surface area contributed by atoms with Crippen LogP contribution in [0.2, 0.25) is 0 Å². The molecule has 33 heavy (non-hydrogen) atoms. The van der Waals surface area contributed by atoms with E-state index in [1.54, 1.807) is 30.2 Å². The fourth-order valence-electron chi connectivity index (χ4n) is 3.84. The number of amides is 1. The molecule has 1 aliphatic rings. The summed E-state index contributed by atoms with van der Waals surface area (Å²) in [6, 6.07) is 12.3. The lowest BCUT2D eigenvalue weighted by Crippen LogP contribution is -2.39. The second-order valence-corrected chi connectivity index (χ2v) is 10.2. The molecule has 8 heteroatoms. The fraction of sp³-hybridized carbons (Fsp3) is 0.440. The van der Waals surface area contributed by atoms with Crippen LogP contribution in [-0.2, 0) is 9.53 Å². The van der Waals surface area contributed by atoms with Crippen molar-refractivity contribution < 1.29 is 14.3 Å². The molecule has 2 heterocycles. The van der Waals surface area contributed by atoms with Crippen molar-refractivity contribution in [1.82, 2.24) is 9.88 Å². The number of fused-ring (bicyclic) bond motifs is 1. The molecule has 0 saturated carbocycles. The summed E-state index contributed by atoms with van der Waals surface area (Å²) in [4.78, 5) is 23.6. The number of morpholine rings is 1. The number of carbonyl (C=O) groups is 1. The van der Waals surface area contributed by atoms with Crippen LogP contribution in [0.25, 0.3) is 10.2 Å². The summed E-state index contributed by atoms with van der Waals surface area (Å²) in [5, 5.41) is 0.745. The molecule has 0 N–H and O–H groups in total. The molecular weight excluding hydrogens is 454 g/mol. The van der Waals surface area contributed by atoms with Gasteiger partial charge in [0.25, 0.3) is 0 Å². The van der Waals surface area contributed by atoms with Crippen molar-refractivity contribution in [2.75, 3.05) is 57.2 Å². The molecule has 1 aromatic heterocycles. The number of rotatable bonds is 9. The minimum Gasteiger partial charge on any atom is -0.494 e. The second kappa shape index (κ2) is 11.3. The molecule has 3 aromatic rings. The van der Waals surface area contributed by atoms with Gasteiger partial charge in [-0.1, -0.05) is 35.1 Å². The second-order valence-electron chi connectivity index (χ2n) is 8.21. The van der Waals surface area contributed by atoms with Crippen LogP contribution in [0.5, 0.6) is 5.75 Å². The summed E-state index contributed by atoms with van der Waals surface area (Å²) in [6.07, 6.45) is 0.896. The minimum absolute atomic E-state index is 0.0817. The number of thioether (sulfide) groups is 1. The molecule has 0 bridgehead atoms. The van der Waals surface area contributed by atoms with E-state index in [-0.39, 0.29) is 5.91 Å². The standard InChI is InChI=1S/C25H31N3O3S2/c1-18-5-8-20(9-6-18)32-17-22(29)28(12-4-11-27-13-15-31-16-14-27)25-26-23-21(30-3)10-7-19(2)24(23)33-25/h5-10H,4,11-17H2,1-3H3. The van der Waals surface area contributed by atoms with E-state index >= 15 is 0 Å². The third-order valence-electron chi connectivity index (χ3n) is 5.79. The Bertz CT molecular complexity index is 1080. The number of methoxy groups -OCH3 is 1. The van der Waals surface area contributed by atoms with Crippen molar-refractivity contribution in [2.24, 2.45) is 0 Å². The van der Waals surface area contributed by atoms with E-state index in [0.29, 0.717) is 12.3 Å². The number of benzene rings is 2. The molecule has 0 atom stereocenters. The SMILES string of the molecule is COc1ccc(C)c2sc(N(CCCN3CCOCC3)C(=O)CSc3ccc(C)cc3)nc12. The molecule has 1 aliphatic heterocycles. The zero-order chi connectivity index (χ0) is 23.2.